The Bertz CT molecular complexity index is 771. The van der Waals surface area contributed by atoms with E-state index in [1.165, 1.54) is 23.0 Å². The van der Waals surface area contributed by atoms with Crippen LogP contribution in [0.5, 0.6) is 0 Å². The van der Waals surface area contributed by atoms with Gasteiger partial charge in [-0.1, -0.05) is 23.3 Å². The molecule has 4 heteroatoms. The van der Waals surface area contributed by atoms with Crippen molar-refractivity contribution < 1.29 is 14.4 Å². The van der Waals surface area contributed by atoms with Gasteiger partial charge in [0.25, 0.3) is 0 Å². The molecule has 124 valence electrons. The van der Waals surface area contributed by atoms with Crippen LogP contribution in [0.25, 0.3) is 0 Å². The third kappa shape index (κ3) is 1.89. The summed E-state index contributed by atoms with van der Waals surface area (Å²) >= 11 is 0. The third-order valence-corrected chi connectivity index (χ3v) is 5.94. The van der Waals surface area contributed by atoms with E-state index >= 15 is 0 Å². The van der Waals surface area contributed by atoms with Crippen LogP contribution in [-0.4, -0.2) is 17.6 Å². The van der Waals surface area contributed by atoms with E-state index in [1.807, 2.05) is 0 Å². The Morgan fingerprint density at radius 1 is 1.00 bits per heavy atom. The molecule has 2 bridgehead atoms. The average molecular weight is 323 g/mol. The Morgan fingerprint density at radius 3 is 2.08 bits per heavy atom. The number of Topliss-reactive ketones (excluding diaryl/α,β-unsaturated/α-hetero) is 1. The summed E-state index contributed by atoms with van der Waals surface area (Å²) in [4.78, 5) is 39.0. The Balaban J connectivity index is 1.75. The highest BCUT2D eigenvalue weighted by Crippen LogP contribution is 2.60. The lowest BCUT2D eigenvalue weighted by Gasteiger charge is -2.19. The van der Waals surface area contributed by atoms with Gasteiger partial charge in [0, 0.05) is 5.56 Å². The lowest BCUT2D eigenvalue weighted by Crippen LogP contribution is -2.33. The monoisotopic (exact) mass is 323 g/mol. The van der Waals surface area contributed by atoms with Crippen LogP contribution in [0.1, 0.15) is 44.0 Å². The Hall–Kier alpha value is -2.23. The van der Waals surface area contributed by atoms with Gasteiger partial charge in [-0.2, -0.15) is 0 Å². The number of fused-ring (bicyclic) bond motifs is 5. The average Bonchev–Trinajstić information content (AvgIpc) is 3.17. The first kappa shape index (κ1) is 15.3. The van der Waals surface area contributed by atoms with Crippen molar-refractivity contribution in [1.82, 2.24) is 0 Å². The van der Waals surface area contributed by atoms with Crippen molar-refractivity contribution in [2.45, 2.75) is 33.6 Å². The van der Waals surface area contributed by atoms with Gasteiger partial charge in [-0.25, -0.2) is 4.90 Å². The van der Waals surface area contributed by atoms with Crippen molar-refractivity contribution >= 4 is 23.3 Å². The fourth-order valence-corrected chi connectivity index (χ4v) is 5.11. The Labute approximate surface area is 141 Å². The van der Waals surface area contributed by atoms with E-state index in [2.05, 4.69) is 13.8 Å². The van der Waals surface area contributed by atoms with Crippen molar-refractivity contribution in [1.29, 1.82) is 0 Å². The van der Waals surface area contributed by atoms with E-state index in [9.17, 15) is 14.4 Å². The summed E-state index contributed by atoms with van der Waals surface area (Å²) in [6.45, 7) is 5.66. The highest BCUT2D eigenvalue weighted by molar-refractivity contribution is 6.23. The number of hydrogen-bond acceptors (Lipinski definition) is 3. The van der Waals surface area contributed by atoms with Gasteiger partial charge in [0.05, 0.1) is 17.5 Å². The number of rotatable bonds is 2. The van der Waals surface area contributed by atoms with E-state index < -0.39 is 0 Å². The van der Waals surface area contributed by atoms with E-state index in [4.69, 9.17) is 0 Å². The van der Waals surface area contributed by atoms with Crippen LogP contribution >= 0.6 is 0 Å². The Morgan fingerprint density at radius 2 is 1.58 bits per heavy atom. The zero-order valence-corrected chi connectivity index (χ0v) is 14.2. The first-order valence-electron chi connectivity index (χ1n) is 8.58. The molecule has 1 aromatic carbocycles. The van der Waals surface area contributed by atoms with Gasteiger partial charge in [-0.05, 0) is 57.6 Å². The van der Waals surface area contributed by atoms with Crippen LogP contribution in [0.3, 0.4) is 0 Å². The number of nitrogens with zero attached hydrogens (tertiary/aromatic N) is 1. The predicted molar refractivity (Wildman–Crippen MR) is 90.5 cm³/mol. The largest absolute Gasteiger partial charge is 0.295 e. The summed E-state index contributed by atoms with van der Waals surface area (Å²) in [6, 6.07) is 6.84. The fourth-order valence-electron chi connectivity index (χ4n) is 5.11. The summed E-state index contributed by atoms with van der Waals surface area (Å²) in [5.41, 5.74) is 3.68. The number of carbonyl (C=O) groups is 3. The quantitative estimate of drug-likeness (QED) is 0.476. The first-order valence-corrected chi connectivity index (χ1v) is 8.58. The lowest BCUT2D eigenvalue weighted by molar-refractivity contribution is -0.123. The molecule has 4 atom stereocenters. The lowest BCUT2D eigenvalue weighted by atomic mass is 9.81. The topological polar surface area (TPSA) is 54.5 Å². The highest BCUT2D eigenvalue weighted by Gasteiger charge is 2.63. The SMILES string of the molecule is CC(=O)c1cccc(N2C(=O)[C@@H]3[C@@H](C2=O)[C@H]2CC[C@@H]3C2=C(C)C)c1. The molecular formula is C20H21NO3. The van der Waals surface area contributed by atoms with Gasteiger partial charge in [-0.3, -0.25) is 14.4 Å². The molecule has 2 aliphatic carbocycles. The minimum atomic E-state index is -0.206. The molecular weight excluding hydrogens is 302 g/mol. The molecule has 0 aromatic heterocycles. The zero-order chi connectivity index (χ0) is 17.2. The number of anilines is 1. The molecule has 1 heterocycles. The molecule has 2 saturated carbocycles. The van der Waals surface area contributed by atoms with Crippen LogP contribution in [0.15, 0.2) is 35.4 Å². The molecule has 24 heavy (non-hydrogen) atoms. The second kappa shape index (κ2) is 5.13. The van der Waals surface area contributed by atoms with Gasteiger partial charge in [0.2, 0.25) is 11.8 Å². The Kier molecular flexibility index (Phi) is 3.27. The van der Waals surface area contributed by atoms with Gasteiger partial charge >= 0.3 is 0 Å². The maximum Gasteiger partial charge on any atom is 0.238 e. The van der Waals surface area contributed by atoms with E-state index in [0.717, 1.165) is 12.8 Å². The van der Waals surface area contributed by atoms with E-state index in [-0.39, 0.29) is 41.3 Å². The molecule has 4 nitrogen and oxygen atoms in total. The standard InChI is InChI=1S/C20H21NO3/c1-10(2)16-14-7-8-15(16)18-17(14)19(23)21(20(18)24)13-6-4-5-12(9-13)11(3)22/h4-6,9,14-15,17-18H,7-8H2,1-3H3/t14-,15+,17-,18-/m0/s1. The highest BCUT2D eigenvalue weighted by atomic mass is 16.2. The van der Waals surface area contributed by atoms with Gasteiger partial charge in [-0.15, -0.1) is 0 Å². The summed E-state index contributed by atoms with van der Waals surface area (Å²) in [7, 11) is 0. The summed E-state index contributed by atoms with van der Waals surface area (Å²) in [5, 5.41) is 0. The fraction of sp³-hybridized carbons (Fsp3) is 0.450. The normalized spacial score (nSPS) is 31.0. The van der Waals surface area contributed by atoms with Gasteiger partial charge < -0.3 is 0 Å². The molecule has 0 radical (unpaired) electrons. The minimum Gasteiger partial charge on any atom is -0.295 e. The molecule has 2 amide bonds. The van der Waals surface area contributed by atoms with Crippen molar-refractivity contribution in [3.8, 4) is 0 Å². The van der Waals surface area contributed by atoms with Crippen molar-refractivity contribution in [3.63, 3.8) is 0 Å². The first-order chi connectivity index (χ1) is 11.4. The number of carbonyl (C=O) groups excluding carboxylic acids is 3. The van der Waals surface area contributed by atoms with Crippen LogP contribution in [0.2, 0.25) is 0 Å². The molecule has 0 unspecified atom stereocenters. The van der Waals surface area contributed by atoms with Gasteiger partial charge in [0.15, 0.2) is 5.78 Å². The van der Waals surface area contributed by atoms with Crippen LogP contribution in [-0.2, 0) is 9.59 Å². The van der Waals surface area contributed by atoms with E-state index in [0.29, 0.717) is 11.3 Å². The molecule has 1 aromatic rings. The van der Waals surface area contributed by atoms with Gasteiger partial charge in [0.1, 0.15) is 0 Å². The number of ketones is 1. The summed E-state index contributed by atoms with van der Waals surface area (Å²) < 4.78 is 0. The maximum atomic E-state index is 13.0. The molecule has 3 fully saturated rings. The predicted octanol–water partition coefficient (Wildman–Crippen LogP) is 3.37. The van der Waals surface area contributed by atoms with Crippen molar-refractivity contribution in [2.24, 2.45) is 23.7 Å². The van der Waals surface area contributed by atoms with E-state index in [1.54, 1.807) is 24.3 Å². The van der Waals surface area contributed by atoms with Crippen molar-refractivity contribution in [2.75, 3.05) is 4.90 Å². The van der Waals surface area contributed by atoms with Crippen molar-refractivity contribution in [3.05, 3.63) is 41.0 Å². The second-order valence-electron chi connectivity index (χ2n) is 7.42. The number of hydrogen-bond donors (Lipinski definition) is 0. The second-order valence-corrected chi connectivity index (χ2v) is 7.42. The summed E-state index contributed by atoms with van der Waals surface area (Å²) in [5.74, 6) is -0.203. The molecule has 1 aliphatic heterocycles. The summed E-state index contributed by atoms with van der Waals surface area (Å²) in [6.07, 6.45) is 2.01. The van der Waals surface area contributed by atoms with Crippen LogP contribution in [0, 0.1) is 23.7 Å². The van der Waals surface area contributed by atoms with Crippen LogP contribution in [0.4, 0.5) is 5.69 Å². The number of imide groups is 1. The zero-order valence-electron chi connectivity index (χ0n) is 14.2. The number of benzene rings is 1. The molecule has 0 spiro atoms. The maximum absolute atomic E-state index is 13.0. The minimum absolute atomic E-state index is 0.0666. The smallest absolute Gasteiger partial charge is 0.238 e. The molecule has 3 aliphatic rings. The number of allylic oxidation sites excluding steroid dienone is 2. The molecule has 0 N–H and O–H groups in total. The van der Waals surface area contributed by atoms with Crippen LogP contribution < -0.4 is 4.90 Å². The number of amides is 2. The third-order valence-electron chi connectivity index (χ3n) is 5.94. The molecule has 1 saturated heterocycles. The molecule has 4 rings (SSSR count).